The van der Waals surface area contributed by atoms with E-state index in [-0.39, 0.29) is 34.8 Å². The third kappa shape index (κ3) is 6.48. The number of aromatic nitrogens is 3. The van der Waals surface area contributed by atoms with Crippen LogP contribution in [-0.4, -0.2) is 54.7 Å². The van der Waals surface area contributed by atoms with Gasteiger partial charge >= 0.3 is 0 Å². The first-order valence-corrected chi connectivity index (χ1v) is 12.4. The highest BCUT2D eigenvalue weighted by Gasteiger charge is 2.25. The minimum Gasteiger partial charge on any atom is -0.368 e. The van der Waals surface area contributed by atoms with E-state index in [0.29, 0.717) is 12.1 Å². The Kier molecular flexibility index (Phi) is 6.40. The van der Waals surface area contributed by atoms with Crippen LogP contribution in [0, 0.1) is 0 Å². The molecular weight excluding hydrogens is 434 g/mol. The molecule has 0 saturated heterocycles. The van der Waals surface area contributed by atoms with Crippen molar-refractivity contribution in [3.63, 3.8) is 0 Å². The summed E-state index contributed by atoms with van der Waals surface area (Å²) in [5, 5.41) is 5.97. The number of anilines is 4. The molecule has 1 saturated carbocycles. The molecule has 164 valence electrons. The molecule has 0 amide bonds. The number of benzene rings is 1. The van der Waals surface area contributed by atoms with E-state index >= 15 is 0 Å². The number of nitrogen functional groups attached to an aromatic ring is 1. The van der Waals surface area contributed by atoms with E-state index in [1.807, 2.05) is 0 Å². The molecule has 0 bridgehead atoms. The van der Waals surface area contributed by atoms with Crippen LogP contribution in [0.25, 0.3) is 0 Å². The minimum absolute atomic E-state index is 0.0532. The Bertz CT molecular complexity index is 1120. The van der Waals surface area contributed by atoms with Crippen molar-refractivity contribution in [3.8, 4) is 0 Å². The molecule has 6 N–H and O–H groups in total. The predicted octanol–water partition coefficient (Wildman–Crippen LogP) is 0.716. The molecule has 2 aromatic rings. The SMILES string of the molecule is CS(=O)(=O)NC1CCCC(Nc2nc(N)nc(Nc3cccc(S(=O)(=O)O)c3)n2)C1. The Hall–Kier alpha value is -2.55. The van der Waals surface area contributed by atoms with Crippen molar-refractivity contribution in [2.24, 2.45) is 0 Å². The molecule has 1 aliphatic carbocycles. The van der Waals surface area contributed by atoms with Gasteiger partial charge in [-0.25, -0.2) is 13.1 Å². The molecule has 1 heterocycles. The summed E-state index contributed by atoms with van der Waals surface area (Å²) >= 11 is 0. The molecule has 30 heavy (non-hydrogen) atoms. The number of nitrogens with one attached hydrogen (secondary N) is 3. The Labute approximate surface area is 174 Å². The van der Waals surface area contributed by atoms with Crippen LogP contribution in [0.15, 0.2) is 29.2 Å². The van der Waals surface area contributed by atoms with Crippen molar-refractivity contribution < 1.29 is 21.4 Å². The third-order valence-electron chi connectivity index (χ3n) is 4.43. The first kappa shape index (κ1) is 22.1. The van der Waals surface area contributed by atoms with Crippen molar-refractivity contribution in [2.75, 3.05) is 22.6 Å². The van der Waals surface area contributed by atoms with Crippen LogP contribution in [-0.2, 0) is 20.1 Å². The normalized spacial score (nSPS) is 19.9. The van der Waals surface area contributed by atoms with Crippen LogP contribution < -0.4 is 21.1 Å². The van der Waals surface area contributed by atoms with Crippen LogP contribution in [0.4, 0.5) is 23.5 Å². The van der Waals surface area contributed by atoms with E-state index in [4.69, 9.17) is 5.73 Å². The molecule has 0 radical (unpaired) electrons. The molecule has 2 atom stereocenters. The molecule has 0 spiro atoms. The highest BCUT2D eigenvalue weighted by atomic mass is 32.2. The third-order valence-corrected chi connectivity index (χ3v) is 6.04. The quantitative estimate of drug-likeness (QED) is 0.368. The highest BCUT2D eigenvalue weighted by Crippen LogP contribution is 2.23. The maximum absolute atomic E-state index is 11.5. The summed E-state index contributed by atoms with van der Waals surface area (Å²) in [4.78, 5) is 12.0. The van der Waals surface area contributed by atoms with Crippen molar-refractivity contribution in [2.45, 2.75) is 42.7 Å². The standard InChI is InChI=1S/C16H23N7O5S2/c1-29(24,25)23-12-6-2-4-10(8-12)18-15-20-14(17)21-16(22-15)19-11-5-3-7-13(9-11)30(26,27)28/h3,5,7,9-10,12,23H,2,4,6,8H2,1H3,(H,26,27,28)(H4,17,18,19,20,21,22). The van der Waals surface area contributed by atoms with Gasteiger partial charge in [-0.15, -0.1) is 0 Å². The molecule has 14 heteroatoms. The summed E-state index contributed by atoms with van der Waals surface area (Å²) in [7, 11) is -7.64. The molecule has 1 aromatic heterocycles. The zero-order valence-corrected chi connectivity index (χ0v) is 17.7. The average Bonchev–Trinajstić information content (AvgIpc) is 2.59. The lowest BCUT2D eigenvalue weighted by Gasteiger charge is -2.29. The second-order valence-corrected chi connectivity index (χ2v) is 10.3. The van der Waals surface area contributed by atoms with Crippen LogP contribution in [0.1, 0.15) is 25.7 Å². The van der Waals surface area contributed by atoms with E-state index in [2.05, 4.69) is 30.3 Å². The van der Waals surface area contributed by atoms with Gasteiger partial charge in [0.2, 0.25) is 27.9 Å². The summed E-state index contributed by atoms with van der Waals surface area (Å²) in [6.45, 7) is 0. The van der Waals surface area contributed by atoms with Crippen molar-refractivity contribution >= 4 is 43.7 Å². The fraction of sp³-hybridized carbons (Fsp3) is 0.438. The van der Waals surface area contributed by atoms with Crippen LogP contribution in [0.2, 0.25) is 0 Å². The molecule has 0 aliphatic heterocycles. The zero-order chi connectivity index (χ0) is 21.9. The van der Waals surface area contributed by atoms with Gasteiger partial charge in [0.1, 0.15) is 0 Å². The van der Waals surface area contributed by atoms with Gasteiger partial charge in [0.25, 0.3) is 10.1 Å². The smallest absolute Gasteiger partial charge is 0.294 e. The number of nitrogens with two attached hydrogens (primary N) is 1. The summed E-state index contributed by atoms with van der Waals surface area (Å²) < 4.78 is 57.3. The number of sulfonamides is 1. The van der Waals surface area contributed by atoms with Gasteiger partial charge in [0.15, 0.2) is 0 Å². The van der Waals surface area contributed by atoms with Crippen LogP contribution in [0.3, 0.4) is 0 Å². The van der Waals surface area contributed by atoms with Crippen molar-refractivity contribution in [1.29, 1.82) is 0 Å². The molecule has 1 fully saturated rings. The number of rotatable bonds is 7. The lowest BCUT2D eigenvalue weighted by Crippen LogP contribution is -2.41. The fourth-order valence-electron chi connectivity index (χ4n) is 3.29. The molecule has 1 aromatic carbocycles. The molecule has 3 rings (SSSR count). The molecular formula is C16H23N7O5S2. The van der Waals surface area contributed by atoms with E-state index in [1.165, 1.54) is 18.2 Å². The Morgan fingerprint density at radius 2 is 1.77 bits per heavy atom. The van der Waals surface area contributed by atoms with Gasteiger partial charge < -0.3 is 16.4 Å². The maximum atomic E-state index is 11.5. The number of hydrogen-bond acceptors (Lipinski definition) is 10. The number of nitrogens with zero attached hydrogens (tertiary/aromatic N) is 3. The summed E-state index contributed by atoms with van der Waals surface area (Å²) in [6, 6.07) is 5.27. The zero-order valence-electron chi connectivity index (χ0n) is 16.1. The number of hydrogen-bond donors (Lipinski definition) is 5. The topological polar surface area (TPSA) is 189 Å². The largest absolute Gasteiger partial charge is 0.368 e. The van der Waals surface area contributed by atoms with E-state index in [9.17, 15) is 21.4 Å². The lowest BCUT2D eigenvalue weighted by atomic mass is 9.92. The maximum Gasteiger partial charge on any atom is 0.294 e. The summed E-state index contributed by atoms with van der Waals surface area (Å²) in [5.74, 6) is 0.239. The minimum atomic E-state index is -4.35. The van der Waals surface area contributed by atoms with Gasteiger partial charge in [-0.3, -0.25) is 4.55 Å². The van der Waals surface area contributed by atoms with Gasteiger partial charge in [-0.05, 0) is 43.9 Å². The summed E-state index contributed by atoms with van der Waals surface area (Å²) in [5.41, 5.74) is 6.09. The van der Waals surface area contributed by atoms with Crippen molar-refractivity contribution in [1.82, 2.24) is 19.7 Å². The van der Waals surface area contributed by atoms with E-state index < -0.39 is 20.1 Å². The lowest BCUT2D eigenvalue weighted by molar-refractivity contribution is 0.385. The van der Waals surface area contributed by atoms with Crippen molar-refractivity contribution in [3.05, 3.63) is 24.3 Å². The molecule has 12 nitrogen and oxygen atoms in total. The second kappa shape index (κ2) is 8.67. The first-order valence-electron chi connectivity index (χ1n) is 9.08. The van der Waals surface area contributed by atoms with E-state index in [0.717, 1.165) is 25.5 Å². The Balaban J connectivity index is 1.73. The predicted molar refractivity (Wildman–Crippen MR) is 111 cm³/mol. The summed E-state index contributed by atoms with van der Waals surface area (Å²) in [6.07, 6.45) is 4.09. The van der Waals surface area contributed by atoms with Gasteiger partial charge in [0.05, 0.1) is 11.2 Å². The molecule has 1 aliphatic rings. The van der Waals surface area contributed by atoms with Gasteiger partial charge in [0, 0.05) is 17.8 Å². The Morgan fingerprint density at radius 3 is 2.47 bits per heavy atom. The van der Waals surface area contributed by atoms with Gasteiger partial charge in [-0.2, -0.15) is 23.4 Å². The molecule has 2 unspecified atom stereocenters. The van der Waals surface area contributed by atoms with E-state index in [1.54, 1.807) is 6.07 Å². The van der Waals surface area contributed by atoms with Crippen LogP contribution in [0.5, 0.6) is 0 Å². The van der Waals surface area contributed by atoms with Crippen LogP contribution >= 0.6 is 0 Å². The second-order valence-electron chi connectivity index (χ2n) is 7.06. The first-order chi connectivity index (χ1) is 14.0. The average molecular weight is 458 g/mol. The fourth-order valence-corrected chi connectivity index (χ4v) is 4.64. The monoisotopic (exact) mass is 457 g/mol. The Morgan fingerprint density at radius 1 is 1.07 bits per heavy atom. The highest BCUT2D eigenvalue weighted by molar-refractivity contribution is 7.88. The van der Waals surface area contributed by atoms with Gasteiger partial charge in [-0.1, -0.05) is 6.07 Å².